The predicted octanol–water partition coefficient (Wildman–Crippen LogP) is 1.64. The third kappa shape index (κ3) is 3.76. The Hall–Kier alpha value is -3.75. The van der Waals surface area contributed by atoms with E-state index in [0.717, 1.165) is 0 Å². The van der Waals surface area contributed by atoms with Gasteiger partial charge in [0.15, 0.2) is 0 Å². The molecule has 0 radical (unpaired) electrons. The molecular formula is C18H16N4O5. The number of carbonyl (C=O) groups is 3. The summed E-state index contributed by atoms with van der Waals surface area (Å²) >= 11 is 0. The second-order valence-electron chi connectivity index (χ2n) is 5.53. The summed E-state index contributed by atoms with van der Waals surface area (Å²) in [6.45, 7) is -0.121. The summed E-state index contributed by atoms with van der Waals surface area (Å²) in [6, 6.07) is 11.4. The minimum Gasteiger partial charge on any atom is -0.465 e. The maximum absolute atomic E-state index is 12.5. The van der Waals surface area contributed by atoms with E-state index in [-0.39, 0.29) is 23.4 Å². The van der Waals surface area contributed by atoms with Crippen LogP contribution >= 0.6 is 0 Å². The number of benzene rings is 2. The Morgan fingerprint density at radius 1 is 1.04 bits per heavy atom. The van der Waals surface area contributed by atoms with Gasteiger partial charge in [0.1, 0.15) is 12.1 Å². The molecule has 0 spiro atoms. The van der Waals surface area contributed by atoms with Gasteiger partial charge in [-0.15, -0.1) is 5.10 Å². The average Bonchev–Trinajstić information content (AvgIpc) is 3.09. The average molecular weight is 368 g/mol. The summed E-state index contributed by atoms with van der Waals surface area (Å²) < 4.78 is 10.8. The molecule has 0 bridgehead atoms. The molecule has 0 unspecified atom stereocenters. The number of esters is 2. The van der Waals surface area contributed by atoms with Gasteiger partial charge in [-0.2, -0.15) is 0 Å². The zero-order valence-corrected chi connectivity index (χ0v) is 14.6. The smallest absolute Gasteiger partial charge is 0.339 e. The third-order valence-corrected chi connectivity index (χ3v) is 3.83. The number of aromatic nitrogens is 3. The van der Waals surface area contributed by atoms with Gasteiger partial charge in [0.25, 0.3) is 0 Å². The van der Waals surface area contributed by atoms with Gasteiger partial charge in [-0.05, 0) is 30.3 Å². The summed E-state index contributed by atoms with van der Waals surface area (Å²) in [4.78, 5) is 36.1. The van der Waals surface area contributed by atoms with Crippen molar-refractivity contribution in [2.75, 3.05) is 19.5 Å². The van der Waals surface area contributed by atoms with Crippen LogP contribution in [-0.4, -0.2) is 47.1 Å². The fraction of sp³-hybridized carbons (Fsp3) is 0.167. The second kappa shape index (κ2) is 7.65. The number of hydrogen-bond acceptors (Lipinski definition) is 7. The van der Waals surface area contributed by atoms with Crippen molar-refractivity contribution in [1.82, 2.24) is 15.0 Å². The van der Waals surface area contributed by atoms with E-state index < -0.39 is 17.8 Å². The minimum absolute atomic E-state index is 0.113. The molecule has 0 fully saturated rings. The number of methoxy groups -OCH3 is 2. The SMILES string of the molecule is COC(=O)c1ccc(C(=O)OC)c(NC(=O)Cn2nnc3ccccc32)c1. The largest absolute Gasteiger partial charge is 0.465 e. The monoisotopic (exact) mass is 368 g/mol. The van der Waals surface area contributed by atoms with Crippen LogP contribution in [0.2, 0.25) is 0 Å². The van der Waals surface area contributed by atoms with Crippen molar-refractivity contribution in [3.05, 3.63) is 53.6 Å². The highest BCUT2D eigenvalue weighted by atomic mass is 16.5. The van der Waals surface area contributed by atoms with E-state index in [2.05, 4.69) is 20.4 Å². The van der Waals surface area contributed by atoms with Crippen LogP contribution in [0.5, 0.6) is 0 Å². The molecule has 0 saturated heterocycles. The first-order valence-electron chi connectivity index (χ1n) is 7.92. The number of fused-ring (bicyclic) bond motifs is 1. The van der Waals surface area contributed by atoms with Crippen LogP contribution in [0.25, 0.3) is 11.0 Å². The Kier molecular flexibility index (Phi) is 5.11. The highest BCUT2D eigenvalue weighted by molar-refractivity contribution is 6.03. The van der Waals surface area contributed by atoms with E-state index in [1.54, 1.807) is 12.1 Å². The van der Waals surface area contributed by atoms with Gasteiger partial charge in [-0.3, -0.25) is 4.79 Å². The molecule has 138 valence electrons. The van der Waals surface area contributed by atoms with Gasteiger partial charge in [-0.25, -0.2) is 14.3 Å². The Morgan fingerprint density at radius 2 is 1.78 bits per heavy atom. The first-order valence-corrected chi connectivity index (χ1v) is 7.92. The van der Waals surface area contributed by atoms with Crippen LogP contribution in [-0.2, 0) is 20.8 Å². The van der Waals surface area contributed by atoms with Crippen molar-refractivity contribution in [3.63, 3.8) is 0 Å². The third-order valence-electron chi connectivity index (χ3n) is 3.83. The van der Waals surface area contributed by atoms with Crippen LogP contribution < -0.4 is 5.32 Å². The summed E-state index contributed by atoms with van der Waals surface area (Å²) in [7, 11) is 2.47. The van der Waals surface area contributed by atoms with E-state index in [4.69, 9.17) is 4.74 Å². The Bertz CT molecular complexity index is 1030. The van der Waals surface area contributed by atoms with Gasteiger partial charge < -0.3 is 14.8 Å². The van der Waals surface area contributed by atoms with E-state index in [1.807, 2.05) is 12.1 Å². The summed E-state index contributed by atoms with van der Waals surface area (Å²) in [5.41, 5.74) is 1.80. The van der Waals surface area contributed by atoms with E-state index in [1.165, 1.54) is 37.1 Å². The van der Waals surface area contributed by atoms with Crippen molar-refractivity contribution in [3.8, 4) is 0 Å². The normalized spacial score (nSPS) is 10.4. The van der Waals surface area contributed by atoms with E-state index >= 15 is 0 Å². The molecule has 0 aliphatic rings. The Morgan fingerprint density at radius 3 is 2.52 bits per heavy atom. The Balaban J connectivity index is 1.87. The van der Waals surface area contributed by atoms with Crippen molar-refractivity contribution < 1.29 is 23.9 Å². The number of carbonyl (C=O) groups excluding carboxylic acids is 3. The number of ether oxygens (including phenoxy) is 2. The van der Waals surface area contributed by atoms with Crippen molar-refractivity contribution >= 4 is 34.6 Å². The summed E-state index contributed by atoms with van der Waals surface area (Å²) in [5, 5.41) is 10.5. The molecule has 27 heavy (non-hydrogen) atoms. The zero-order valence-electron chi connectivity index (χ0n) is 14.6. The van der Waals surface area contributed by atoms with Crippen LogP contribution in [0.1, 0.15) is 20.7 Å². The van der Waals surface area contributed by atoms with Gasteiger partial charge in [-0.1, -0.05) is 17.3 Å². The second-order valence-corrected chi connectivity index (χ2v) is 5.53. The fourth-order valence-corrected chi connectivity index (χ4v) is 2.54. The lowest BCUT2D eigenvalue weighted by atomic mass is 10.1. The minimum atomic E-state index is -0.645. The summed E-state index contributed by atoms with van der Waals surface area (Å²) in [6.07, 6.45) is 0. The number of para-hydroxylation sites is 1. The first kappa shape index (κ1) is 18.1. The lowest BCUT2D eigenvalue weighted by Gasteiger charge is -2.11. The van der Waals surface area contributed by atoms with E-state index in [0.29, 0.717) is 11.0 Å². The lowest BCUT2D eigenvalue weighted by Crippen LogP contribution is -2.21. The molecule has 3 aromatic rings. The molecule has 0 aliphatic carbocycles. The molecule has 1 amide bonds. The standard InChI is InChI=1S/C18H16N4O5/c1-26-17(24)11-7-8-12(18(25)27-2)14(9-11)19-16(23)10-22-15-6-4-3-5-13(15)20-21-22/h3-9H,10H2,1-2H3,(H,19,23). The fourth-order valence-electron chi connectivity index (χ4n) is 2.54. The maximum Gasteiger partial charge on any atom is 0.339 e. The zero-order chi connectivity index (χ0) is 19.4. The molecule has 9 nitrogen and oxygen atoms in total. The quantitative estimate of drug-likeness (QED) is 0.681. The van der Waals surface area contributed by atoms with Gasteiger partial charge in [0.2, 0.25) is 5.91 Å². The first-order chi connectivity index (χ1) is 13.0. The van der Waals surface area contributed by atoms with Crippen molar-refractivity contribution in [1.29, 1.82) is 0 Å². The predicted molar refractivity (Wildman–Crippen MR) is 95.3 cm³/mol. The molecule has 0 saturated carbocycles. The number of nitrogens with one attached hydrogen (secondary N) is 1. The summed E-state index contributed by atoms with van der Waals surface area (Å²) in [5.74, 6) is -1.69. The highest BCUT2D eigenvalue weighted by Gasteiger charge is 2.18. The maximum atomic E-state index is 12.5. The van der Waals surface area contributed by atoms with Crippen LogP contribution in [0.3, 0.4) is 0 Å². The molecule has 3 rings (SSSR count). The number of nitrogens with zero attached hydrogens (tertiary/aromatic N) is 3. The number of rotatable bonds is 5. The number of hydrogen-bond donors (Lipinski definition) is 1. The number of amides is 1. The molecule has 0 aliphatic heterocycles. The Labute approximate surface area is 153 Å². The van der Waals surface area contributed by atoms with Crippen molar-refractivity contribution in [2.24, 2.45) is 0 Å². The van der Waals surface area contributed by atoms with Gasteiger partial charge in [0, 0.05) is 0 Å². The molecule has 2 aromatic carbocycles. The molecule has 1 aromatic heterocycles. The van der Waals surface area contributed by atoms with Crippen LogP contribution in [0.4, 0.5) is 5.69 Å². The van der Waals surface area contributed by atoms with Crippen molar-refractivity contribution in [2.45, 2.75) is 6.54 Å². The highest BCUT2D eigenvalue weighted by Crippen LogP contribution is 2.20. The topological polar surface area (TPSA) is 112 Å². The van der Waals surface area contributed by atoms with Crippen LogP contribution in [0, 0.1) is 0 Å². The van der Waals surface area contributed by atoms with Crippen LogP contribution in [0.15, 0.2) is 42.5 Å². The molecule has 1 heterocycles. The van der Waals surface area contributed by atoms with Gasteiger partial charge >= 0.3 is 11.9 Å². The molecule has 0 atom stereocenters. The van der Waals surface area contributed by atoms with Gasteiger partial charge in [0.05, 0.1) is 36.6 Å². The molecular weight excluding hydrogens is 352 g/mol. The number of anilines is 1. The molecule has 9 heteroatoms. The lowest BCUT2D eigenvalue weighted by molar-refractivity contribution is -0.116. The van der Waals surface area contributed by atoms with E-state index in [9.17, 15) is 14.4 Å². The molecule has 1 N–H and O–H groups in total.